The van der Waals surface area contributed by atoms with Crippen molar-refractivity contribution in [1.82, 2.24) is 0 Å². The Morgan fingerprint density at radius 3 is 2.80 bits per heavy atom. The Morgan fingerprint density at radius 1 is 1.30 bits per heavy atom. The lowest BCUT2D eigenvalue weighted by atomic mass is 10.2. The predicted molar refractivity (Wildman–Crippen MR) is 76.3 cm³/mol. The van der Waals surface area contributed by atoms with Crippen molar-refractivity contribution in [2.45, 2.75) is 6.61 Å². The van der Waals surface area contributed by atoms with E-state index >= 15 is 0 Å². The Morgan fingerprint density at radius 2 is 2.10 bits per heavy atom. The molecule has 0 heterocycles. The Kier molecular flexibility index (Phi) is 4.33. The van der Waals surface area contributed by atoms with Crippen LogP contribution in [0.15, 0.2) is 46.9 Å². The Hall–Kier alpha value is -2.39. The molecule has 0 saturated carbocycles. The summed E-state index contributed by atoms with van der Waals surface area (Å²) in [5.74, 6) is 0.501. The molecule has 0 aliphatic heterocycles. The number of nitro benzene ring substituents is 1. The zero-order valence-corrected chi connectivity index (χ0v) is 11.8. The SMILES string of the molecule is N#Cc1cccc(OCc2ccc(Br)cc2[N+](=O)[O-])c1. The molecule has 20 heavy (non-hydrogen) atoms. The van der Waals surface area contributed by atoms with Crippen molar-refractivity contribution in [2.24, 2.45) is 0 Å². The van der Waals surface area contributed by atoms with Gasteiger partial charge in [0.05, 0.1) is 22.1 Å². The second kappa shape index (κ2) is 6.17. The molecule has 2 aromatic carbocycles. The summed E-state index contributed by atoms with van der Waals surface area (Å²) in [6.45, 7) is 0.0679. The molecule has 0 saturated heterocycles. The summed E-state index contributed by atoms with van der Waals surface area (Å²) in [5.41, 5.74) is 0.948. The largest absolute Gasteiger partial charge is 0.489 e. The fourth-order valence-corrected chi connectivity index (χ4v) is 1.99. The highest BCUT2D eigenvalue weighted by Gasteiger charge is 2.14. The van der Waals surface area contributed by atoms with Gasteiger partial charge in [0.25, 0.3) is 5.69 Å². The summed E-state index contributed by atoms with van der Waals surface area (Å²) >= 11 is 3.20. The van der Waals surface area contributed by atoms with Crippen molar-refractivity contribution in [1.29, 1.82) is 5.26 Å². The number of nitrogens with zero attached hydrogens (tertiary/aromatic N) is 2. The van der Waals surface area contributed by atoms with Crippen LogP contribution < -0.4 is 4.74 Å². The molecule has 0 radical (unpaired) electrons. The minimum Gasteiger partial charge on any atom is -0.489 e. The molecule has 0 fully saturated rings. The van der Waals surface area contributed by atoms with Crippen molar-refractivity contribution in [3.8, 4) is 11.8 Å². The van der Waals surface area contributed by atoms with E-state index in [1.165, 1.54) is 6.07 Å². The molecule has 6 heteroatoms. The monoisotopic (exact) mass is 332 g/mol. The highest BCUT2D eigenvalue weighted by molar-refractivity contribution is 9.10. The van der Waals surface area contributed by atoms with Crippen LogP contribution in [0.25, 0.3) is 0 Å². The molecule has 0 aromatic heterocycles. The molecule has 0 aliphatic rings. The van der Waals surface area contributed by atoms with E-state index in [1.54, 1.807) is 36.4 Å². The fraction of sp³-hybridized carbons (Fsp3) is 0.0714. The van der Waals surface area contributed by atoms with E-state index < -0.39 is 4.92 Å². The fourth-order valence-electron chi connectivity index (χ4n) is 1.65. The lowest BCUT2D eigenvalue weighted by Gasteiger charge is -2.07. The van der Waals surface area contributed by atoms with Crippen LogP contribution in [-0.2, 0) is 6.61 Å². The van der Waals surface area contributed by atoms with Gasteiger partial charge in [0.2, 0.25) is 0 Å². The number of nitro groups is 1. The normalized spacial score (nSPS) is 9.80. The quantitative estimate of drug-likeness (QED) is 0.630. The van der Waals surface area contributed by atoms with Gasteiger partial charge in [0, 0.05) is 10.5 Å². The second-order valence-electron chi connectivity index (χ2n) is 3.96. The van der Waals surface area contributed by atoms with Crippen LogP contribution >= 0.6 is 15.9 Å². The highest BCUT2D eigenvalue weighted by Crippen LogP contribution is 2.25. The van der Waals surface area contributed by atoms with E-state index in [4.69, 9.17) is 10.00 Å². The summed E-state index contributed by atoms with van der Waals surface area (Å²) in [4.78, 5) is 10.5. The molecule has 0 N–H and O–H groups in total. The molecular formula is C14H9BrN2O3. The van der Waals surface area contributed by atoms with Gasteiger partial charge in [-0.25, -0.2) is 0 Å². The number of benzene rings is 2. The average molecular weight is 333 g/mol. The zero-order chi connectivity index (χ0) is 14.5. The van der Waals surface area contributed by atoms with Gasteiger partial charge < -0.3 is 4.74 Å². The van der Waals surface area contributed by atoms with Gasteiger partial charge in [0.1, 0.15) is 12.4 Å². The zero-order valence-electron chi connectivity index (χ0n) is 10.2. The Bertz CT molecular complexity index is 695. The minimum absolute atomic E-state index is 0.00388. The van der Waals surface area contributed by atoms with Crippen molar-refractivity contribution in [3.05, 3.63) is 68.2 Å². The average Bonchev–Trinajstić information content (AvgIpc) is 2.46. The van der Waals surface area contributed by atoms with Crippen LogP contribution in [0.1, 0.15) is 11.1 Å². The summed E-state index contributed by atoms with van der Waals surface area (Å²) in [6.07, 6.45) is 0. The van der Waals surface area contributed by atoms with Gasteiger partial charge in [-0.3, -0.25) is 10.1 Å². The number of ether oxygens (including phenoxy) is 1. The van der Waals surface area contributed by atoms with E-state index in [0.717, 1.165) is 0 Å². The third-order valence-electron chi connectivity index (χ3n) is 2.60. The van der Waals surface area contributed by atoms with Gasteiger partial charge in [-0.2, -0.15) is 5.26 Å². The maximum atomic E-state index is 11.0. The number of rotatable bonds is 4. The van der Waals surface area contributed by atoms with Crippen LogP contribution in [0.2, 0.25) is 0 Å². The van der Waals surface area contributed by atoms with Gasteiger partial charge in [-0.05, 0) is 30.3 Å². The lowest BCUT2D eigenvalue weighted by molar-refractivity contribution is -0.385. The molecule has 0 spiro atoms. The van der Waals surface area contributed by atoms with E-state index in [0.29, 0.717) is 21.3 Å². The molecule has 0 atom stereocenters. The van der Waals surface area contributed by atoms with Crippen molar-refractivity contribution < 1.29 is 9.66 Å². The third kappa shape index (κ3) is 3.33. The van der Waals surface area contributed by atoms with Gasteiger partial charge in [-0.15, -0.1) is 0 Å². The van der Waals surface area contributed by atoms with Gasteiger partial charge in [0.15, 0.2) is 0 Å². The molecule has 0 bridgehead atoms. The van der Waals surface area contributed by atoms with Crippen LogP contribution in [0.3, 0.4) is 0 Å². The Balaban J connectivity index is 2.19. The Labute approximate surface area is 123 Å². The second-order valence-corrected chi connectivity index (χ2v) is 4.87. The first-order chi connectivity index (χ1) is 9.60. The highest BCUT2D eigenvalue weighted by atomic mass is 79.9. The molecular weight excluding hydrogens is 324 g/mol. The van der Waals surface area contributed by atoms with Crippen molar-refractivity contribution in [3.63, 3.8) is 0 Å². The first-order valence-electron chi connectivity index (χ1n) is 5.66. The molecule has 2 aromatic rings. The summed E-state index contributed by atoms with van der Waals surface area (Å²) < 4.78 is 6.13. The first-order valence-corrected chi connectivity index (χ1v) is 6.45. The van der Waals surface area contributed by atoms with Crippen LogP contribution in [-0.4, -0.2) is 4.92 Å². The predicted octanol–water partition coefficient (Wildman–Crippen LogP) is 3.81. The van der Waals surface area contributed by atoms with E-state index in [9.17, 15) is 10.1 Å². The minimum atomic E-state index is -0.449. The number of halogens is 1. The molecule has 2 rings (SSSR count). The molecule has 0 aliphatic carbocycles. The van der Waals surface area contributed by atoms with Gasteiger partial charge in [-0.1, -0.05) is 22.0 Å². The number of hydrogen-bond acceptors (Lipinski definition) is 4. The number of hydrogen-bond donors (Lipinski definition) is 0. The van der Waals surface area contributed by atoms with E-state index in [2.05, 4.69) is 15.9 Å². The molecule has 100 valence electrons. The molecule has 0 unspecified atom stereocenters. The van der Waals surface area contributed by atoms with Crippen molar-refractivity contribution >= 4 is 21.6 Å². The summed E-state index contributed by atoms with van der Waals surface area (Å²) in [7, 11) is 0. The molecule has 5 nitrogen and oxygen atoms in total. The first kappa shape index (κ1) is 14.0. The standard InChI is InChI=1S/C14H9BrN2O3/c15-12-5-4-11(14(7-12)17(18)19)9-20-13-3-1-2-10(6-13)8-16/h1-7H,9H2. The van der Waals surface area contributed by atoms with Crippen molar-refractivity contribution in [2.75, 3.05) is 0 Å². The maximum absolute atomic E-state index is 11.0. The van der Waals surface area contributed by atoms with E-state index in [1.807, 2.05) is 6.07 Å². The topological polar surface area (TPSA) is 76.2 Å². The van der Waals surface area contributed by atoms with Crippen LogP contribution in [0.4, 0.5) is 5.69 Å². The van der Waals surface area contributed by atoms with Crippen LogP contribution in [0.5, 0.6) is 5.75 Å². The smallest absolute Gasteiger partial charge is 0.277 e. The third-order valence-corrected chi connectivity index (χ3v) is 3.09. The summed E-state index contributed by atoms with van der Waals surface area (Å²) in [5, 5.41) is 19.8. The van der Waals surface area contributed by atoms with Gasteiger partial charge >= 0.3 is 0 Å². The maximum Gasteiger partial charge on any atom is 0.277 e. The lowest BCUT2D eigenvalue weighted by Crippen LogP contribution is -2.00. The van der Waals surface area contributed by atoms with Crippen LogP contribution in [0, 0.1) is 21.4 Å². The number of nitriles is 1. The summed E-state index contributed by atoms with van der Waals surface area (Å²) in [6, 6.07) is 13.4. The van der Waals surface area contributed by atoms with E-state index in [-0.39, 0.29) is 12.3 Å². The molecule has 0 amide bonds.